The molecule has 5 heteroatoms. The fourth-order valence-electron chi connectivity index (χ4n) is 3.90. The Morgan fingerprint density at radius 1 is 0.969 bits per heavy atom. The van der Waals surface area contributed by atoms with Crippen LogP contribution in [0.15, 0.2) is 60.0 Å². The SMILES string of the molecule is Cc1ccc(CN2CCN(C(=O)c3cc(COc4ccc(C(C)C)cc4)cs3)CC2)cc1. The molecule has 0 spiro atoms. The Kier molecular flexibility index (Phi) is 7.28. The smallest absolute Gasteiger partial charge is 0.264 e. The molecule has 0 aliphatic carbocycles. The number of nitrogens with zero attached hydrogens (tertiary/aromatic N) is 2. The highest BCUT2D eigenvalue weighted by Crippen LogP contribution is 2.22. The van der Waals surface area contributed by atoms with Gasteiger partial charge in [-0.1, -0.05) is 55.8 Å². The van der Waals surface area contributed by atoms with E-state index in [2.05, 4.69) is 62.1 Å². The molecular weight excluding hydrogens is 416 g/mol. The quantitative estimate of drug-likeness (QED) is 0.464. The summed E-state index contributed by atoms with van der Waals surface area (Å²) >= 11 is 1.51. The number of aryl methyl sites for hydroxylation is 1. The molecule has 1 aromatic heterocycles. The van der Waals surface area contributed by atoms with Gasteiger partial charge in [0, 0.05) is 38.3 Å². The van der Waals surface area contributed by atoms with Crippen LogP contribution in [0.5, 0.6) is 5.75 Å². The summed E-state index contributed by atoms with van der Waals surface area (Å²) in [5, 5.41) is 2.03. The summed E-state index contributed by atoms with van der Waals surface area (Å²) in [5.41, 5.74) is 4.97. The zero-order chi connectivity index (χ0) is 22.5. The van der Waals surface area contributed by atoms with Crippen LogP contribution < -0.4 is 4.74 Å². The van der Waals surface area contributed by atoms with Crippen LogP contribution in [0, 0.1) is 6.92 Å². The Hall–Kier alpha value is -2.63. The molecule has 1 amide bonds. The largest absolute Gasteiger partial charge is 0.489 e. The molecule has 0 radical (unpaired) electrons. The molecule has 0 bridgehead atoms. The van der Waals surface area contributed by atoms with E-state index >= 15 is 0 Å². The Labute approximate surface area is 195 Å². The average molecular weight is 449 g/mol. The van der Waals surface area contributed by atoms with Crippen LogP contribution in [-0.4, -0.2) is 41.9 Å². The van der Waals surface area contributed by atoms with Gasteiger partial charge in [0.15, 0.2) is 0 Å². The van der Waals surface area contributed by atoms with Gasteiger partial charge in [-0.3, -0.25) is 9.69 Å². The molecule has 0 N–H and O–H groups in total. The monoisotopic (exact) mass is 448 g/mol. The number of carbonyl (C=O) groups is 1. The molecule has 2 aromatic carbocycles. The molecule has 1 aliphatic heterocycles. The van der Waals surface area contributed by atoms with Gasteiger partial charge >= 0.3 is 0 Å². The summed E-state index contributed by atoms with van der Waals surface area (Å²) < 4.78 is 5.92. The first-order valence-electron chi connectivity index (χ1n) is 11.4. The van der Waals surface area contributed by atoms with E-state index in [0.29, 0.717) is 12.5 Å². The second kappa shape index (κ2) is 10.3. The lowest BCUT2D eigenvalue weighted by Crippen LogP contribution is -2.48. The van der Waals surface area contributed by atoms with Crippen LogP contribution >= 0.6 is 11.3 Å². The van der Waals surface area contributed by atoms with E-state index in [9.17, 15) is 4.79 Å². The van der Waals surface area contributed by atoms with E-state index in [-0.39, 0.29) is 5.91 Å². The molecular formula is C27H32N2O2S. The average Bonchev–Trinajstić information content (AvgIpc) is 3.29. The number of hydrogen-bond acceptors (Lipinski definition) is 4. The minimum atomic E-state index is 0.137. The number of benzene rings is 2. The first-order chi connectivity index (χ1) is 15.5. The maximum Gasteiger partial charge on any atom is 0.264 e. The molecule has 4 rings (SSSR count). The highest BCUT2D eigenvalue weighted by atomic mass is 32.1. The number of piperazine rings is 1. The van der Waals surface area contributed by atoms with Crippen molar-refractivity contribution in [1.82, 2.24) is 9.80 Å². The van der Waals surface area contributed by atoms with Crippen molar-refractivity contribution >= 4 is 17.2 Å². The van der Waals surface area contributed by atoms with Crippen LogP contribution in [0.4, 0.5) is 0 Å². The topological polar surface area (TPSA) is 32.8 Å². The summed E-state index contributed by atoms with van der Waals surface area (Å²) in [6.45, 7) is 11.3. The van der Waals surface area contributed by atoms with Crippen molar-refractivity contribution < 1.29 is 9.53 Å². The van der Waals surface area contributed by atoms with Crippen molar-refractivity contribution in [3.63, 3.8) is 0 Å². The summed E-state index contributed by atoms with van der Waals surface area (Å²) in [4.78, 5) is 18.2. The molecule has 3 aromatic rings. The van der Waals surface area contributed by atoms with E-state index in [1.807, 2.05) is 28.5 Å². The minimum Gasteiger partial charge on any atom is -0.489 e. The van der Waals surface area contributed by atoms with Gasteiger partial charge in [0.25, 0.3) is 5.91 Å². The normalized spacial score (nSPS) is 14.7. The van der Waals surface area contributed by atoms with Crippen molar-refractivity contribution in [3.8, 4) is 5.75 Å². The number of hydrogen-bond donors (Lipinski definition) is 0. The molecule has 1 aliphatic rings. The molecule has 4 nitrogen and oxygen atoms in total. The lowest BCUT2D eigenvalue weighted by molar-refractivity contribution is 0.0633. The summed E-state index contributed by atoms with van der Waals surface area (Å²) in [5.74, 6) is 1.51. The number of thiophene rings is 1. The number of ether oxygens (including phenoxy) is 1. The number of amides is 1. The molecule has 1 saturated heterocycles. The maximum atomic E-state index is 13.0. The van der Waals surface area contributed by atoms with Crippen molar-refractivity contribution in [2.24, 2.45) is 0 Å². The van der Waals surface area contributed by atoms with Crippen molar-refractivity contribution in [1.29, 1.82) is 0 Å². The van der Waals surface area contributed by atoms with Crippen LogP contribution in [0.2, 0.25) is 0 Å². The van der Waals surface area contributed by atoms with Crippen LogP contribution in [0.1, 0.15) is 51.7 Å². The van der Waals surface area contributed by atoms with Gasteiger partial charge in [0.05, 0.1) is 4.88 Å². The first-order valence-corrected chi connectivity index (χ1v) is 12.2. The fraction of sp³-hybridized carbons (Fsp3) is 0.370. The van der Waals surface area contributed by atoms with Crippen LogP contribution in [0.3, 0.4) is 0 Å². The van der Waals surface area contributed by atoms with Gasteiger partial charge in [-0.2, -0.15) is 0 Å². The molecule has 168 valence electrons. The van der Waals surface area contributed by atoms with E-state index in [1.165, 1.54) is 28.0 Å². The van der Waals surface area contributed by atoms with Crippen molar-refractivity contribution in [2.75, 3.05) is 26.2 Å². The third kappa shape index (κ3) is 5.78. The van der Waals surface area contributed by atoms with Crippen molar-refractivity contribution in [3.05, 3.63) is 87.1 Å². The van der Waals surface area contributed by atoms with Crippen LogP contribution in [-0.2, 0) is 13.2 Å². The molecule has 1 fully saturated rings. The van der Waals surface area contributed by atoms with Gasteiger partial charge in [-0.15, -0.1) is 11.3 Å². The van der Waals surface area contributed by atoms with Gasteiger partial charge in [0.2, 0.25) is 0 Å². The van der Waals surface area contributed by atoms with Gasteiger partial charge in [0.1, 0.15) is 12.4 Å². The standard InChI is InChI=1S/C27H32N2O2S/c1-20(2)24-8-10-25(11-9-24)31-18-23-16-26(32-19-23)27(30)29-14-12-28(13-15-29)17-22-6-4-21(3)5-7-22/h4-11,16,19-20H,12-15,17-18H2,1-3H3. The number of rotatable bonds is 7. The molecule has 0 saturated carbocycles. The summed E-state index contributed by atoms with van der Waals surface area (Å²) in [7, 11) is 0. The third-order valence-corrected chi connectivity index (χ3v) is 6.97. The predicted molar refractivity (Wildman–Crippen MR) is 132 cm³/mol. The lowest BCUT2D eigenvalue weighted by atomic mass is 10.0. The predicted octanol–water partition coefficient (Wildman–Crippen LogP) is 5.72. The zero-order valence-corrected chi connectivity index (χ0v) is 20.0. The van der Waals surface area contributed by atoms with E-state index in [0.717, 1.165) is 48.9 Å². The highest BCUT2D eigenvalue weighted by molar-refractivity contribution is 7.12. The van der Waals surface area contributed by atoms with E-state index < -0.39 is 0 Å². The Morgan fingerprint density at radius 3 is 2.31 bits per heavy atom. The second-order valence-electron chi connectivity index (χ2n) is 8.89. The lowest BCUT2D eigenvalue weighted by Gasteiger charge is -2.34. The molecule has 32 heavy (non-hydrogen) atoms. The molecule has 0 unspecified atom stereocenters. The van der Waals surface area contributed by atoms with E-state index in [1.54, 1.807) is 0 Å². The molecule has 0 atom stereocenters. The fourth-order valence-corrected chi connectivity index (χ4v) is 4.76. The highest BCUT2D eigenvalue weighted by Gasteiger charge is 2.23. The molecule has 2 heterocycles. The number of carbonyl (C=O) groups excluding carboxylic acids is 1. The zero-order valence-electron chi connectivity index (χ0n) is 19.2. The minimum absolute atomic E-state index is 0.137. The Morgan fingerprint density at radius 2 is 1.66 bits per heavy atom. The second-order valence-corrected chi connectivity index (χ2v) is 9.80. The summed E-state index contributed by atoms with van der Waals surface area (Å²) in [6, 6.07) is 19.0. The Bertz CT molecular complexity index is 1020. The van der Waals surface area contributed by atoms with E-state index in [4.69, 9.17) is 4.74 Å². The maximum absolute atomic E-state index is 13.0. The van der Waals surface area contributed by atoms with Crippen molar-refractivity contribution in [2.45, 2.75) is 39.8 Å². The van der Waals surface area contributed by atoms with Gasteiger partial charge < -0.3 is 9.64 Å². The summed E-state index contributed by atoms with van der Waals surface area (Å²) in [6.07, 6.45) is 0. The third-order valence-electron chi connectivity index (χ3n) is 6.00. The van der Waals surface area contributed by atoms with Crippen LogP contribution in [0.25, 0.3) is 0 Å². The Balaban J connectivity index is 1.26. The first kappa shape index (κ1) is 22.6. The van der Waals surface area contributed by atoms with Gasteiger partial charge in [-0.25, -0.2) is 0 Å². The van der Waals surface area contributed by atoms with Gasteiger partial charge in [-0.05, 0) is 47.5 Å².